The van der Waals surface area contributed by atoms with E-state index in [9.17, 15) is 13.4 Å². The monoisotopic (exact) mass is 362 g/mol. The van der Waals surface area contributed by atoms with Crippen LogP contribution in [0, 0.1) is 11.8 Å². The number of rotatable bonds is 7. The van der Waals surface area contributed by atoms with Crippen molar-refractivity contribution in [2.75, 3.05) is 11.5 Å². The van der Waals surface area contributed by atoms with Crippen LogP contribution in [0.15, 0.2) is 25.0 Å². The maximum atomic E-state index is 11.8. The average Bonchev–Trinajstić information content (AvgIpc) is 2.97. The molecule has 0 atom stereocenters. The van der Waals surface area contributed by atoms with Crippen molar-refractivity contribution in [3.63, 3.8) is 0 Å². The molecule has 0 saturated heterocycles. The molecule has 0 aromatic carbocycles. The molecule has 1 aliphatic rings. The Labute approximate surface area is 148 Å². The third-order valence-corrected chi connectivity index (χ3v) is 6.69. The van der Waals surface area contributed by atoms with E-state index in [0.717, 1.165) is 35.0 Å². The Balaban J connectivity index is 1.82. The minimum atomic E-state index is -2.95. The molecule has 1 aliphatic carbocycles. The first-order valence-electron chi connectivity index (χ1n) is 8.51. The highest BCUT2D eigenvalue weighted by Crippen LogP contribution is 2.46. The summed E-state index contributed by atoms with van der Waals surface area (Å²) in [6.07, 6.45) is 5.00. The summed E-state index contributed by atoms with van der Waals surface area (Å²) in [6.45, 7) is 7.47. The number of hydrogen-bond acceptors (Lipinski definition) is 5. The summed E-state index contributed by atoms with van der Waals surface area (Å²) in [4.78, 5) is 7.37. The first-order valence-corrected chi connectivity index (χ1v) is 10.3. The van der Waals surface area contributed by atoms with Gasteiger partial charge in [-0.05, 0) is 43.1 Å². The van der Waals surface area contributed by atoms with Crippen LogP contribution in [-0.2, 0) is 9.84 Å². The molecule has 1 fully saturated rings. The molecule has 0 amide bonds. The zero-order valence-corrected chi connectivity index (χ0v) is 15.3. The van der Waals surface area contributed by atoms with E-state index < -0.39 is 17.0 Å². The van der Waals surface area contributed by atoms with Gasteiger partial charge in [-0.2, -0.15) is 0 Å². The standard InChI is InChI=1S/C17H23BN2O4S/c1-4-25(22,23)10-12-7-13(8-12)11(2)16-14-5-6-19-17(14)20-9-15(16)24-18(3)21/h5-6,9,12-13,21H,2,4,7-8,10H2,1,3H3,(H,19,20)/t12-,13+. The van der Waals surface area contributed by atoms with Gasteiger partial charge < -0.3 is 14.7 Å². The predicted molar refractivity (Wildman–Crippen MR) is 100 cm³/mol. The van der Waals surface area contributed by atoms with Crippen LogP contribution in [0.4, 0.5) is 0 Å². The topological polar surface area (TPSA) is 92.3 Å². The van der Waals surface area contributed by atoms with Crippen LogP contribution in [-0.4, -0.2) is 42.0 Å². The van der Waals surface area contributed by atoms with E-state index in [1.54, 1.807) is 26.1 Å². The summed E-state index contributed by atoms with van der Waals surface area (Å²) in [6, 6.07) is 1.91. The van der Waals surface area contributed by atoms with Crippen molar-refractivity contribution >= 4 is 33.6 Å². The summed E-state index contributed by atoms with van der Waals surface area (Å²) < 4.78 is 29.1. The van der Waals surface area contributed by atoms with Gasteiger partial charge in [0.25, 0.3) is 0 Å². The molecular weight excluding hydrogens is 339 g/mol. The summed E-state index contributed by atoms with van der Waals surface area (Å²) >= 11 is 0. The number of fused-ring (bicyclic) bond motifs is 1. The second-order valence-electron chi connectivity index (χ2n) is 6.71. The zero-order chi connectivity index (χ0) is 18.2. The minimum Gasteiger partial charge on any atom is -0.535 e. The summed E-state index contributed by atoms with van der Waals surface area (Å²) in [5, 5.41) is 10.5. The van der Waals surface area contributed by atoms with Crippen molar-refractivity contribution in [2.45, 2.75) is 26.6 Å². The molecule has 0 radical (unpaired) electrons. The van der Waals surface area contributed by atoms with Crippen molar-refractivity contribution in [1.29, 1.82) is 0 Å². The molecule has 25 heavy (non-hydrogen) atoms. The van der Waals surface area contributed by atoms with Gasteiger partial charge in [0.1, 0.15) is 21.2 Å². The Kier molecular flexibility index (Phi) is 4.93. The zero-order valence-electron chi connectivity index (χ0n) is 14.5. The minimum absolute atomic E-state index is 0.190. The van der Waals surface area contributed by atoms with E-state index in [1.807, 2.05) is 6.07 Å². The first kappa shape index (κ1) is 18.0. The quantitative estimate of drug-likeness (QED) is 0.739. The van der Waals surface area contributed by atoms with E-state index in [2.05, 4.69) is 16.5 Å². The second kappa shape index (κ2) is 6.84. The lowest BCUT2D eigenvalue weighted by molar-refractivity contribution is 0.274. The van der Waals surface area contributed by atoms with Gasteiger partial charge in [-0.1, -0.05) is 13.5 Å². The lowest BCUT2D eigenvalue weighted by Gasteiger charge is -2.37. The fourth-order valence-corrected chi connectivity index (χ4v) is 4.66. The molecule has 0 bridgehead atoms. The molecule has 0 unspecified atom stereocenters. The fourth-order valence-electron chi connectivity index (χ4n) is 3.43. The van der Waals surface area contributed by atoms with Crippen LogP contribution in [0.3, 0.4) is 0 Å². The molecule has 2 aromatic rings. The molecule has 0 aliphatic heterocycles. The van der Waals surface area contributed by atoms with Gasteiger partial charge in [0.2, 0.25) is 0 Å². The summed E-state index contributed by atoms with van der Waals surface area (Å²) in [5.41, 5.74) is 2.49. The molecule has 2 heterocycles. The highest BCUT2D eigenvalue weighted by molar-refractivity contribution is 7.91. The van der Waals surface area contributed by atoms with Gasteiger partial charge in [0, 0.05) is 22.9 Å². The highest BCUT2D eigenvalue weighted by atomic mass is 32.2. The Hall–Kier alpha value is -1.80. The molecule has 6 nitrogen and oxygen atoms in total. The maximum absolute atomic E-state index is 11.8. The van der Waals surface area contributed by atoms with E-state index in [1.165, 1.54) is 0 Å². The van der Waals surface area contributed by atoms with Crippen LogP contribution >= 0.6 is 0 Å². The maximum Gasteiger partial charge on any atom is 0.519 e. The van der Waals surface area contributed by atoms with E-state index in [4.69, 9.17) is 4.65 Å². The normalized spacial score (nSPS) is 20.3. The number of aromatic amines is 1. The average molecular weight is 362 g/mol. The molecule has 2 N–H and O–H groups in total. The fraction of sp³-hybridized carbons (Fsp3) is 0.471. The van der Waals surface area contributed by atoms with Crippen molar-refractivity contribution in [1.82, 2.24) is 9.97 Å². The van der Waals surface area contributed by atoms with E-state index in [-0.39, 0.29) is 23.3 Å². The lowest BCUT2D eigenvalue weighted by atomic mass is 9.70. The third kappa shape index (κ3) is 3.74. The van der Waals surface area contributed by atoms with Crippen molar-refractivity contribution in [3.05, 3.63) is 30.6 Å². The number of nitrogens with zero attached hydrogens (tertiary/aromatic N) is 1. The highest BCUT2D eigenvalue weighted by Gasteiger charge is 2.35. The second-order valence-corrected chi connectivity index (χ2v) is 9.11. The van der Waals surface area contributed by atoms with E-state index >= 15 is 0 Å². The van der Waals surface area contributed by atoms with Gasteiger partial charge in [-0.3, -0.25) is 0 Å². The van der Waals surface area contributed by atoms with E-state index in [0.29, 0.717) is 5.75 Å². The lowest BCUT2D eigenvalue weighted by Crippen LogP contribution is -2.31. The van der Waals surface area contributed by atoms with Crippen LogP contribution in [0.2, 0.25) is 6.82 Å². The number of aromatic nitrogens is 2. The molecule has 2 aromatic heterocycles. The molecule has 3 rings (SSSR count). The Morgan fingerprint density at radius 2 is 2.24 bits per heavy atom. The van der Waals surface area contributed by atoms with Crippen LogP contribution in [0.5, 0.6) is 5.75 Å². The summed E-state index contributed by atoms with van der Waals surface area (Å²) in [5.74, 6) is 1.35. The number of hydrogen-bond donors (Lipinski definition) is 2. The largest absolute Gasteiger partial charge is 0.535 e. The molecular formula is C17H23BN2O4S. The number of H-pyrrole nitrogens is 1. The number of nitrogens with one attached hydrogen (secondary N) is 1. The third-order valence-electron chi connectivity index (χ3n) is 4.83. The Bertz CT molecular complexity index is 885. The molecule has 0 spiro atoms. The van der Waals surface area contributed by atoms with Crippen molar-refractivity contribution < 1.29 is 18.1 Å². The predicted octanol–water partition coefficient (Wildman–Crippen LogP) is 2.53. The Morgan fingerprint density at radius 1 is 1.52 bits per heavy atom. The van der Waals surface area contributed by atoms with Crippen LogP contribution in [0.25, 0.3) is 16.6 Å². The number of pyridine rings is 1. The van der Waals surface area contributed by atoms with Crippen molar-refractivity contribution in [2.24, 2.45) is 11.8 Å². The van der Waals surface area contributed by atoms with Gasteiger partial charge in [-0.15, -0.1) is 0 Å². The van der Waals surface area contributed by atoms with Crippen molar-refractivity contribution in [3.8, 4) is 5.75 Å². The van der Waals surface area contributed by atoms with Gasteiger partial charge in [0.05, 0.1) is 11.9 Å². The SMILES string of the molecule is C=C(c1c(OB(C)O)cnc2[nH]ccc12)[C@H]1C[C@@H](CS(=O)(=O)CC)C1. The van der Waals surface area contributed by atoms with Gasteiger partial charge in [-0.25, -0.2) is 13.4 Å². The number of sulfone groups is 1. The van der Waals surface area contributed by atoms with Crippen LogP contribution < -0.4 is 4.65 Å². The molecule has 134 valence electrons. The number of allylic oxidation sites excluding steroid dienone is 1. The van der Waals surface area contributed by atoms with Gasteiger partial charge in [0.15, 0.2) is 0 Å². The molecule has 1 saturated carbocycles. The van der Waals surface area contributed by atoms with Gasteiger partial charge >= 0.3 is 7.12 Å². The van der Waals surface area contributed by atoms with Crippen LogP contribution in [0.1, 0.15) is 25.3 Å². The first-order chi connectivity index (χ1) is 11.8. The molecule has 8 heteroatoms. The summed E-state index contributed by atoms with van der Waals surface area (Å²) in [7, 11) is -3.90. The smallest absolute Gasteiger partial charge is 0.519 e. The Morgan fingerprint density at radius 3 is 2.88 bits per heavy atom.